The molecule has 3 atom stereocenters. The fourth-order valence-corrected chi connectivity index (χ4v) is 7.11. The second kappa shape index (κ2) is 12.3. The van der Waals surface area contributed by atoms with E-state index in [1.165, 1.54) is 5.56 Å². The second-order valence-electron chi connectivity index (χ2n) is 11.0. The summed E-state index contributed by atoms with van der Waals surface area (Å²) in [7, 11) is -3.77. The Labute approximate surface area is 236 Å². The van der Waals surface area contributed by atoms with E-state index in [4.69, 9.17) is 16.3 Å². The number of rotatable bonds is 0. The highest BCUT2D eigenvalue weighted by Crippen LogP contribution is 2.41. The summed E-state index contributed by atoms with van der Waals surface area (Å²) in [5, 5.41) is 11.6. The Bertz CT molecular complexity index is 1330. The van der Waals surface area contributed by atoms with Gasteiger partial charge in [0.15, 0.2) is 0 Å². The number of hydrogen-bond acceptors (Lipinski definition) is 6. The minimum Gasteiger partial charge on any atom is -0.487 e. The van der Waals surface area contributed by atoms with Gasteiger partial charge in [0.25, 0.3) is 5.91 Å². The number of fused-ring (bicyclic) bond motifs is 3. The highest BCUT2D eigenvalue weighted by Gasteiger charge is 2.37. The maximum absolute atomic E-state index is 13.1. The van der Waals surface area contributed by atoms with Crippen LogP contribution in [0.2, 0.25) is 5.02 Å². The van der Waals surface area contributed by atoms with E-state index >= 15 is 0 Å². The minimum atomic E-state index is -3.77. The first-order valence-electron chi connectivity index (χ1n) is 14.0. The maximum atomic E-state index is 13.1. The van der Waals surface area contributed by atoms with Crippen molar-refractivity contribution in [1.29, 1.82) is 0 Å². The number of benzene rings is 2. The number of sulfonamides is 1. The lowest BCUT2D eigenvalue weighted by Gasteiger charge is -2.43. The molecule has 2 aromatic carbocycles. The van der Waals surface area contributed by atoms with Gasteiger partial charge in [-0.05, 0) is 105 Å². The highest BCUT2D eigenvalue weighted by molar-refractivity contribution is 7.90. The van der Waals surface area contributed by atoms with E-state index in [1.54, 1.807) is 18.2 Å². The molecule has 1 aliphatic carbocycles. The standard InChI is InChI=1S/C30H37ClN2O5S/c31-25-12-9-24-20-38-29-14-11-22-18-27(29)33(15-5-4-7-21(24)17-25)19-23-10-13-26(23)28(34)8-3-1-2-6-16-39(36,37)32-30(22)35/h1,3,9,11-12,14,17-18,23,26,28,34H,2,4-8,10,13,15-16,19-20H2,(H,32,35)/b3-1+/t23-,26+,28-/m0/s1. The van der Waals surface area contributed by atoms with Gasteiger partial charge in [0.05, 0.1) is 17.5 Å². The molecule has 2 heterocycles. The number of carbonyl (C=O) groups is 1. The first-order valence-corrected chi connectivity index (χ1v) is 16.0. The number of anilines is 1. The molecule has 0 spiro atoms. The molecule has 2 aliphatic heterocycles. The number of nitrogens with zero attached hydrogens (tertiary/aromatic N) is 1. The van der Waals surface area contributed by atoms with Crippen LogP contribution in [0.15, 0.2) is 48.6 Å². The highest BCUT2D eigenvalue weighted by atomic mass is 35.5. The van der Waals surface area contributed by atoms with Crippen LogP contribution in [0.3, 0.4) is 0 Å². The topological polar surface area (TPSA) is 95.9 Å². The van der Waals surface area contributed by atoms with Gasteiger partial charge in [0, 0.05) is 23.7 Å². The Morgan fingerprint density at radius 3 is 2.72 bits per heavy atom. The first-order chi connectivity index (χ1) is 18.8. The van der Waals surface area contributed by atoms with Crippen molar-refractivity contribution in [3.05, 3.63) is 70.3 Å². The SMILES string of the molecule is O=C1NS(=O)(=O)CCC/C=C/C[C@H](O)[C@@H]2CC[C@H]2CN2CCCCc3cc(Cl)ccc3COc3ccc1cc32. The zero-order chi connectivity index (χ0) is 27.4. The summed E-state index contributed by atoms with van der Waals surface area (Å²) >= 11 is 6.28. The smallest absolute Gasteiger partial charge is 0.264 e. The molecule has 0 aromatic heterocycles. The summed E-state index contributed by atoms with van der Waals surface area (Å²) < 4.78 is 33.8. The van der Waals surface area contributed by atoms with Crippen molar-refractivity contribution in [3.8, 4) is 5.75 Å². The van der Waals surface area contributed by atoms with E-state index in [-0.39, 0.29) is 17.2 Å². The van der Waals surface area contributed by atoms with Crippen LogP contribution in [0.1, 0.15) is 66.4 Å². The van der Waals surface area contributed by atoms with E-state index < -0.39 is 22.0 Å². The molecule has 7 nitrogen and oxygen atoms in total. The number of aliphatic hydroxyl groups excluding tert-OH is 1. The van der Waals surface area contributed by atoms with Gasteiger partial charge in [0.2, 0.25) is 10.0 Å². The number of nitrogens with one attached hydrogen (secondary N) is 1. The molecule has 1 saturated carbocycles. The lowest BCUT2D eigenvalue weighted by Crippen LogP contribution is -2.43. The van der Waals surface area contributed by atoms with Crippen LogP contribution in [-0.4, -0.2) is 44.4 Å². The van der Waals surface area contributed by atoms with Gasteiger partial charge in [0.1, 0.15) is 12.4 Å². The molecule has 1 amide bonds. The van der Waals surface area contributed by atoms with Gasteiger partial charge in [-0.2, -0.15) is 0 Å². The zero-order valence-corrected chi connectivity index (χ0v) is 23.7. The molecule has 39 heavy (non-hydrogen) atoms. The Morgan fingerprint density at radius 2 is 1.90 bits per heavy atom. The number of carbonyl (C=O) groups excluding carboxylic acids is 1. The Kier molecular flexibility index (Phi) is 8.84. The van der Waals surface area contributed by atoms with Crippen LogP contribution in [0.25, 0.3) is 0 Å². The van der Waals surface area contributed by atoms with Gasteiger partial charge in [-0.1, -0.05) is 29.8 Å². The summed E-state index contributed by atoms with van der Waals surface area (Å²) in [6.45, 7) is 1.86. The monoisotopic (exact) mass is 572 g/mol. The third-order valence-electron chi connectivity index (χ3n) is 8.24. The number of allylic oxidation sites excluding steroid dienone is 1. The lowest BCUT2D eigenvalue weighted by molar-refractivity contribution is 0.0180. The maximum Gasteiger partial charge on any atom is 0.264 e. The van der Waals surface area contributed by atoms with Gasteiger partial charge in [-0.25, -0.2) is 13.1 Å². The Hall–Kier alpha value is -2.55. The summed E-state index contributed by atoms with van der Waals surface area (Å²) in [4.78, 5) is 15.3. The van der Waals surface area contributed by atoms with Crippen molar-refractivity contribution in [1.82, 2.24) is 4.72 Å². The number of aryl methyl sites for hydroxylation is 1. The largest absolute Gasteiger partial charge is 0.487 e. The minimum absolute atomic E-state index is 0.139. The van der Waals surface area contributed by atoms with Crippen molar-refractivity contribution in [2.45, 2.75) is 64.1 Å². The van der Waals surface area contributed by atoms with Crippen molar-refractivity contribution in [3.63, 3.8) is 0 Å². The van der Waals surface area contributed by atoms with Crippen LogP contribution in [0.4, 0.5) is 5.69 Å². The van der Waals surface area contributed by atoms with Crippen LogP contribution >= 0.6 is 11.6 Å². The first kappa shape index (κ1) is 28.0. The van der Waals surface area contributed by atoms with E-state index in [9.17, 15) is 18.3 Å². The molecule has 1 fully saturated rings. The normalized spacial score (nSPS) is 26.8. The van der Waals surface area contributed by atoms with Gasteiger partial charge >= 0.3 is 0 Å². The summed E-state index contributed by atoms with van der Waals surface area (Å²) in [5.41, 5.74) is 3.31. The van der Waals surface area contributed by atoms with Gasteiger partial charge in [-0.15, -0.1) is 0 Å². The van der Waals surface area contributed by atoms with Crippen LogP contribution in [0.5, 0.6) is 5.75 Å². The van der Waals surface area contributed by atoms with E-state index in [0.29, 0.717) is 42.6 Å². The third kappa shape index (κ3) is 6.97. The molecule has 0 saturated heterocycles. The van der Waals surface area contributed by atoms with E-state index in [0.717, 1.165) is 56.4 Å². The molecule has 2 N–H and O–H groups in total. The zero-order valence-electron chi connectivity index (χ0n) is 22.1. The fraction of sp³-hybridized carbons (Fsp3) is 0.500. The molecule has 9 heteroatoms. The predicted molar refractivity (Wildman–Crippen MR) is 154 cm³/mol. The summed E-state index contributed by atoms with van der Waals surface area (Å²) in [5.74, 6) is 0.417. The van der Waals surface area contributed by atoms with E-state index in [2.05, 4.69) is 9.62 Å². The second-order valence-corrected chi connectivity index (χ2v) is 13.2. The number of aliphatic hydroxyl groups is 1. The van der Waals surface area contributed by atoms with Crippen molar-refractivity contribution >= 4 is 33.2 Å². The third-order valence-corrected chi connectivity index (χ3v) is 9.80. The number of ether oxygens (including phenoxy) is 1. The van der Waals surface area contributed by atoms with Crippen LogP contribution < -0.4 is 14.4 Å². The summed E-state index contributed by atoms with van der Waals surface area (Å²) in [6.07, 6.45) is 9.84. The quantitative estimate of drug-likeness (QED) is 0.419. The molecule has 0 unspecified atom stereocenters. The van der Waals surface area contributed by atoms with Crippen molar-refractivity contribution in [2.75, 3.05) is 23.7 Å². The molecule has 3 aliphatic rings. The molecule has 2 bridgehead atoms. The van der Waals surface area contributed by atoms with Gasteiger partial charge in [-0.3, -0.25) is 4.79 Å². The van der Waals surface area contributed by atoms with E-state index in [1.807, 2.05) is 30.4 Å². The molecule has 5 rings (SSSR count). The van der Waals surface area contributed by atoms with Crippen molar-refractivity contribution < 1.29 is 23.1 Å². The molecule has 2 aromatic rings. The molecular weight excluding hydrogens is 536 g/mol. The summed E-state index contributed by atoms with van der Waals surface area (Å²) in [6, 6.07) is 11.0. The number of amides is 1. The van der Waals surface area contributed by atoms with Crippen LogP contribution in [-0.2, 0) is 23.1 Å². The molecular formula is C30H37ClN2O5S. The van der Waals surface area contributed by atoms with Gasteiger partial charge < -0.3 is 14.7 Å². The average molecular weight is 573 g/mol. The van der Waals surface area contributed by atoms with Crippen molar-refractivity contribution in [2.24, 2.45) is 11.8 Å². The lowest BCUT2D eigenvalue weighted by atomic mass is 9.69. The van der Waals surface area contributed by atoms with Crippen LogP contribution in [0, 0.1) is 11.8 Å². The Morgan fingerprint density at radius 1 is 1.03 bits per heavy atom. The number of halogens is 1. The molecule has 0 radical (unpaired) electrons. The fourth-order valence-electron chi connectivity index (χ4n) is 5.86. The average Bonchev–Trinajstić information content (AvgIpc) is 2.91. The molecule has 210 valence electrons. The predicted octanol–water partition coefficient (Wildman–Crippen LogP) is 5.25. The number of hydrogen-bond donors (Lipinski definition) is 2. The Balaban J connectivity index is 1.51.